The summed E-state index contributed by atoms with van der Waals surface area (Å²) in [7, 11) is 1.75. The minimum absolute atomic E-state index is 0.0739. The van der Waals surface area contributed by atoms with Crippen molar-refractivity contribution in [2.24, 2.45) is 7.05 Å². The van der Waals surface area contributed by atoms with Gasteiger partial charge < -0.3 is 4.90 Å². The first-order valence-electron chi connectivity index (χ1n) is 7.01. The molecular weight excluding hydrogens is 266 g/mol. The van der Waals surface area contributed by atoms with Gasteiger partial charge in [-0.3, -0.25) is 14.3 Å². The van der Waals surface area contributed by atoms with E-state index < -0.39 is 0 Å². The Hall–Kier alpha value is -2.43. The highest BCUT2D eigenvalue weighted by atomic mass is 16.2. The van der Waals surface area contributed by atoms with Crippen molar-refractivity contribution in [2.75, 3.05) is 11.4 Å². The molecule has 21 heavy (non-hydrogen) atoms. The van der Waals surface area contributed by atoms with Gasteiger partial charge in [-0.2, -0.15) is 5.10 Å². The Bertz CT molecular complexity index is 718. The van der Waals surface area contributed by atoms with Crippen molar-refractivity contribution in [3.63, 3.8) is 0 Å². The molecule has 1 aliphatic rings. The van der Waals surface area contributed by atoms with Gasteiger partial charge in [0.05, 0.1) is 5.69 Å². The molecule has 0 saturated heterocycles. The Kier molecular flexibility index (Phi) is 3.33. The third kappa shape index (κ3) is 2.35. The van der Waals surface area contributed by atoms with Crippen LogP contribution in [-0.4, -0.2) is 28.5 Å². The summed E-state index contributed by atoms with van der Waals surface area (Å²) in [6.45, 7) is 2.37. The summed E-state index contributed by atoms with van der Waals surface area (Å²) in [6.07, 6.45) is 2.73. The molecule has 0 N–H and O–H groups in total. The first-order valence-corrected chi connectivity index (χ1v) is 7.01. The van der Waals surface area contributed by atoms with Crippen molar-refractivity contribution in [1.29, 1.82) is 0 Å². The van der Waals surface area contributed by atoms with Gasteiger partial charge in [0.15, 0.2) is 6.29 Å². The first kappa shape index (κ1) is 13.5. The van der Waals surface area contributed by atoms with Crippen LogP contribution in [0, 0.1) is 0 Å². The van der Waals surface area contributed by atoms with Crippen LogP contribution in [0.5, 0.6) is 0 Å². The lowest BCUT2D eigenvalue weighted by Crippen LogP contribution is -2.33. The van der Waals surface area contributed by atoms with Crippen LogP contribution in [0.15, 0.2) is 24.3 Å². The van der Waals surface area contributed by atoms with Gasteiger partial charge >= 0.3 is 0 Å². The van der Waals surface area contributed by atoms with E-state index in [1.165, 1.54) is 0 Å². The molecule has 0 saturated carbocycles. The quantitative estimate of drug-likeness (QED) is 0.794. The molecule has 2 heterocycles. The summed E-state index contributed by atoms with van der Waals surface area (Å²) >= 11 is 0. The molecule has 1 aromatic carbocycles. The molecule has 5 nitrogen and oxygen atoms in total. The van der Waals surface area contributed by atoms with Crippen molar-refractivity contribution in [3.05, 3.63) is 35.5 Å². The maximum Gasteiger partial charge on any atom is 0.223 e. The summed E-state index contributed by atoms with van der Waals surface area (Å²) in [5, 5.41) is 4.36. The van der Waals surface area contributed by atoms with Crippen LogP contribution in [0.2, 0.25) is 0 Å². The Morgan fingerprint density at radius 2 is 2.14 bits per heavy atom. The molecule has 0 bridgehead atoms. The van der Waals surface area contributed by atoms with E-state index in [0.29, 0.717) is 5.69 Å². The van der Waals surface area contributed by atoms with Gasteiger partial charge in [0, 0.05) is 31.8 Å². The highest BCUT2D eigenvalue weighted by Crippen LogP contribution is 2.31. The minimum atomic E-state index is 0.0739. The van der Waals surface area contributed by atoms with E-state index in [2.05, 4.69) is 11.2 Å². The molecule has 0 radical (unpaired) electrons. The van der Waals surface area contributed by atoms with Crippen molar-refractivity contribution in [2.45, 2.75) is 19.8 Å². The predicted octanol–water partition coefficient (Wildman–Crippen LogP) is 2.20. The number of rotatable bonds is 2. The van der Waals surface area contributed by atoms with Crippen molar-refractivity contribution in [1.82, 2.24) is 9.78 Å². The van der Waals surface area contributed by atoms with Gasteiger partial charge in [0.25, 0.3) is 0 Å². The lowest BCUT2D eigenvalue weighted by atomic mass is 9.98. The number of aldehydes is 1. The fraction of sp³-hybridized carbons (Fsp3) is 0.312. The number of benzene rings is 1. The second-order valence-corrected chi connectivity index (χ2v) is 5.31. The van der Waals surface area contributed by atoms with E-state index in [1.807, 2.05) is 17.0 Å². The largest absolute Gasteiger partial charge is 0.312 e. The lowest BCUT2D eigenvalue weighted by molar-refractivity contribution is -0.116. The van der Waals surface area contributed by atoms with E-state index >= 15 is 0 Å². The molecule has 1 aromatic heterocycles. The fourth-order valence-electron chi connectivity index (χ4n) is 2.82. The molecule has 0 spiro atoms. The summed E-state index contributed by atoms with van der Waals surface area (Å²) in [6, 6.07) is 7.78. The molecule has 0 atom stereocenters. The standard InChI is InChI=1S/C16H17N3O2/c1-11(21)19-7-3-4-13-8-12(5-6-16(13)19)15-9-14(10-20)18(2)17-15/h5-6,8-10H,3-4,7H2,1-2H3. The zero-order valence-electron chi connectivity index (χ0n) is 12.2. The van der Waals surface area contributed by atoms with Crippen LogP contribution < -0.4 is 4.90 Å². The maximum absolute atomic E-state index is 11.7. The highest BCUT2D eigenvalue weighted by Gasteiger charge is 2.20. The average Bonchev–Trinajstić information content (AvgIpc) is 2.87. The van der Waals surface area contributed by atoms with Gasteiger partial charge in [-0.1, -0.05) is 6.07 Å². The van der Waals surface area contributed by atoms with Crippen molar-refractivity contribution in [3.8, 4) is 11.3 Å². The number of fused-ring (bicyclic) bond motifs is 1. The topological polar surface area (TPSA) is 55.2 Å². The molecule has 0 fully saturated rings. The Balaban J connectivity index is 2.02. The van der Waals surface area contributed by atoms with Crippen LogP contribution in [0.3, 0.4) is 0 Å². The van der Waals surface area contributed by atoms with E-state index in [-0.39, 0.29) is 5.91 Å². The third-order valence-electron chi connectivity index (χ3n) is 3.91. The number of hydrogen-bond acceptors (Lipinski definition) is 3. The smallest absolute Gasteiger partial charge is 0.223 e. The summed E-state index contributed by atoms with van der Waals surface area (Å²) < 4.78 is 1.57. The van der Waals surface area contributed by atoms with Crippen molar-refractivity contribution >= 4 is 17.9 Å². The van der Waals surface area contributed by atoms with E-state index in [0.717, 1.165) is 48.2 Å². The monoisotopic (exact) mass is 283 g/mol. The summed E-state index contributed by atoms with van der Waals surface area (Å²) in [5.41, 5.74) is 4.45. The number of aromatic nitrogens is 2. The second kappa shape index (κ2) is 5.16. The molecule has 3 rings (SSSR count). The van der Waals surface area contributed by atoms with E-state index in [9.17, 15) is 9.59 Å². The van der Waals surface area contributed by atoms with Crippen LogP contribution in [-0.2, 0) is 18.3 Å². The van der Waals surface area contributed by atoms with Gasteiger partial charge in [-0.25, -0.2) is 0 Å². The number of carbonyl (C=O) groups is 2. The molecule has 0 unspecified atom stereocenters. The second-order valence-electron chi connectivity index (χ2n) is 5.31. The Labute approximate surface area is 123 Å². The van der Waals surface area contributed by atoms with Gasteiger partial charge in [0.2, 0.25) is 5.91 Å². The van der Waals surface area contributed by atoms with E-state index in [1.54, 1.807) is 24.7 Å². The van der Waals surface area contributed by atoms with Crippen molar-refractivity contribution < 1.29 is 9.59 Å². The molecular formula is C16H17N3O2. The number of anilines is 1. The fourth-order valence-corrected chi connectivity index (χ4v) is 2.82. The maximum atomic E-state index is 11.7. The van der Waals surface area contributed by atoms with Crippen LogP contribution >= 0.6 is 0 Å². The molecule has 2 aromatic rings. The summed E-state index contributed by atoms with van der Waals surface area (Å²) in [5.74, 6) is 0.0739. The lowest BCUT2D eigenvalue weighted by Gasteiger charge is -2.28. The highest BCUT2D eigenvalue weighted by molar-refractivity contribution is 5.93. The molecule has 1 aliphatic heterocycles. The minimum Gasteiger partial charge on any atom is -0.312 e. The SMILES string of the molecule is CC(=O)N1CCCc2cc(-c3cc(C=O)n(C)n3)ccc21. The van der Waals surface area contributed by atoms with Gasteiger partial charge in [-0.05, 0) is 36.6 Å². The zero-order valence-corrected chi connectivity index (χ0v) is 12.2. The zero-order chi connectivity index (χ0) is 15.0. The van der Waals surface area contributed by atoms with Gasteiger partial charge in [0.1, 0.15) is 5.69 Å². The number of aryl methyl sites for hydroxylation is 2. The van der Waals surface area contributed by atoms with Crippen LogP contribution in [0.25, 0.3) is 11.3 Å². The average molecular weight is 283 g/mol. The number of nitrogens with zero attached hydrogens (tertiary/aromatic N) is 3. The van der Waals surface area contributed by atoms with E-state index in [4.69, 9.17) is 0 Å². The Morgan fingerprint density at radius 3 is 2.81 bits per heavy atom. The van der Waals surface area contributed by atoms with Crippen LogP contribution in [0.4, 0.5) is 5.69 Å². The molecule has 0 aliphatic carbocycles. The molecule has 1 amide bonds. The normalized spacial score (nSPS) is 13.9. The number of hydrogen-bond donors (Lipinski definition) is 0. The summed E-state index contributed by atoms with van der Waals surface area (Å²) in [4.78, 5) is 24.4. The first-order chi connectivity index (χ1) is 10.1. The predicted molar refractivity (Wildman–Crippen MR) is 80.4 cm³/mol. The number of carbonyl (C=O) groups excluding carboxylic acids is 2. The Morgan fingerprint density at radius 1 is 1.33 bits per heavy atom. The molecule has 5 heteroatoms. The number of amides is 1. The van der Waals surface area contributed by atoms with Gasteiger partial charge in [-0.15, -0.1) is 0 Å². The van der Waals surface area contributed by atoms with Crippen LogP contribution in [0.1, 0.15) is 29.4 Å². The third-order valence-corrected chi connectivity index (χ3v) is 3.91. The molecule has 108 valence electrons.